The number of piperidine rings is 1. The quantitative estimate of drug-likeness (QED) is 0.267. The van der Waals surface area contributed by atoms with Gasteiger partial charge in [-0.25, -0.2) is 14.8 Å². The molecule has 206 valence electrons. The molecular weight excluding hydrogens is 492 g/mol. The maximum Gasteiger partial charge on any atom is 0.319 e. The summed E-state index contributed by atoms with van der Waals surface area (Å²) >= 11 is 0. The van der Waals surface area contributed by atoms with E-state index in [9.17, 15) is 9.59 Å². The first-order valence-electron chi connectivity index (χ1n) is 13.5. The molecule has 6 N–H and O–H groups in total. The van der Waals surface area contributed by atoms with E-state index in [0.717, 1.165) is 42.0 Å². The number of urea groups is 1. The van der Waals surface area contributed by atoms with Gasteiger partial charge in [-0.3, -0.25) is 4.79 Å². The second-order valence-electron chi connectivity index (χ2n) is 9.71. The molecule has 2 aromatic heterocycles. The topological polar surface area (TPSA) is 137 Å². The van der Waals surface area contributed by atoms with Gasteiger partial charge in [0.2, 0.25) is 0 Å². The number of hydrogen-bond acceptors (Lipinski definition) is 7. The fourth-order valence-corrected chi connectivity index (χ4v) is 4.53. The van der Waals surface area contributed by atoms with Crippen molar-refractivity contribution in [3.05, 3.63) is 65.4 Å². The SMILES string of the molecule is CCNc1nc(-c2ccc(NC(=O)NCc3cnc(N)c(C)c3)cc2)ccc1C(=O)NCCN1CCCCC1. The van der Waals surface area contributed by atoms with E-state index in [4.69, 9.17) is 10.7 Å². The number of aryl methyl sites for hydroxylation is 1. The second kappa shape index (κ2) is 13.6. The molecule has 0 aliphatic carbocycles. The molecule has 1 aliphatic rings. The Balaban J connectivity index is 1.33. The Kier molecular flexibility index (Phi) is 9.69. The summed E-state index contributed by atoms with van der Waals surface area (Å²) in [6.45, 7) is 8.53. The molecule has 1 saturated heterocycles. The molecule has 0 unspecified atom stereocenters. The molecule has 3 aromatic rings. The van der Waals surface area contributed by atoms with Crippen LogP contribution in [0.1, 0.15) is 47.7 Å². The number of carbonyl (C=O) groups excluding carboxylic acids is 2. The van der Waals surface area contributed by atoms with Crippen molar-refractivity contribution in [3.63, 3.8) is 0 Å². The van der Waals surface area contributed by atoms with Crippen LogP contribution in [-0.2, 0) is 6.54 Å². The first kappa shape index (κ1) is 27.8. The van der Waals surface area contributed by atoms with Crippen molar-refractivity contribution < 1.29 is 9.59 Å². The van der Waals surface area contributed by atoms with E-state index in [2.05, 4.69) is 31.2 Å². The van der Waals surface area contributed by atoms with Gasteiger partial charge in [0, 0.05) is 43.6 Å². The highest BCUT2D eigenvalue weighted by Gasteiger charge is 2.15. The normalized spacial score (nSPS) is 13.5. The van der Waals surface area contributed by atoms with Crippen LogP contribution < -0.4 is 27.0 Å². The van der Waals surface area contributed by atoms with Gasteiger partial charge in [-0.2, -0.15) is 0 Å². The molecule has 4 rings (SSSR count). The van der Waals surface area contributed by atoms with Crippen LogP contribution in [0.5, 0.6) is 0 Å². The van der Waals surface area contributed by atoms with E-state index < -0.39 is 0 Å². The first-order chi connectivity index (χ1) is 18.9. The predicted octanol–water partition coefficient (Wildman–Crippen LogP) is 4.00. The number of aromatic nitrogens is 2. The van der Waals surface area contributed by atoms with E-state index in [1.54, 1.807) is 6.20 Å². The second-order valence-corrected chi connectivity index (χ2v) is 9.71. The molecule has 10 nitrogen and oxygen atoms in total. The number of nitrogens with one attached hydrogen (secondary N) is 4. The van der Waals surface area contributed by atoms with Gasteiger partial charge in [0.1, 0.15) is 11.6 Å². The van der Waals surface area contributed by atoms with E-state index in [1.807, 2.05) is 56.3 Å². The minimum atomic E-state index is -0.319. The van der Waals surface area contributed by atoms with E-state index >= 15 is 0 Å². The number of nitrogens with zero attached hydrogens (tertiary/aromatic N) is 3. The average Bonchev–Trinajstić information content (AvgIpc) is 2.95. The number of likely N-dealkylation sites (tertiary alicyclic amines) is 1. The number of amides is 3. The van der Waals surface area contributed by atoms with Gasteiger partial charge in [-0.1, -0.05) is 18.6 Å². The van der Waals surface area contributed by atoms with Crippen LogP contribution in [-0.4, -0.2) is 59.5 Å². The minimum absolute atomic E-state index is 0.127. The van der Waals surface area contributed by atoms with Gasteiger partial charge in [-0.05, 0) is 81.2 Å². The summed E-state index contributed by atoms with van der Waals surface area (Å²) < 4.78 is 0. The third kappa shape index (κ3) is 7.90. The van der Waals surface area contributed by atoms with Crippen molar-refractivity contribution in [2.75, 3.05) is 49.1 Å². The number of carbonyl (C=O) groups is 2. The molecule has 10 heteroatoms. The largest absolute Gasteiger partial charge is 0.383 e. The third-order valence-corrected chi connectivity index (χ3v) is 6.71. The molecule has 3 heterocycles. The lowest BCUT2D eigenvalue weighted by molar-refractivity contribution is 0.0947. The lowest BCUT2D eigenvalue weighted by atomic mass is 10.1. The highest BCUT2D eigenvalue weighted by molar-refractivity contribution is 5.99. The summed E-state index contributed by atoms with van der Waals surface area (Å²) in [7, 11) is 0. The zero-order valence-corrected chi connectivity index (χ0v) is 22.7. The Bertz CT molecular complexity index is 1270. The van der Waals surface area contributed by atoms with Crippen molar-refractivity contribution in [3.8, 4) is 11.3 Å². The van der Waals surface area contributed by atoms with Crippen molar-refractivity contribution in [2.24, 2.45) is 0 Å². The van der Waals surface area contributed by atoms with Gasteiger partial charge in [0.25, 0.3) is 5.91 Å². The van der Waals surface area contributed by atoms with Crippen molar-refractivity contribution in [1.29, 1.82) is 0 Å². The maximum absolute atomic E-state index is 12.9. The molecule has 0 radical (unpaired) electrons. The molecule has 1 fully saturated rings. The summed E-state index contributed by atoms with van der Waals surface area (Å²) in [6, 6.07) is 12.6. The van der Waals surface area contributed by atoms with Crippen LogP contribution in [0.15, 0.2) is 48.7 Å². The fourth-order valence-electron chi connectivity index (χ4n) is 4.53. The molecule has 0 bridgehead atoms. The van der Waals surface area contributed by atoms with Crippen LogP contribution in [0, 0.1) is 6.92 Å². The average molecular weight is 531 g/mol. The minimum Gasteiger partial charge on any atom is -0.383 e. The zero-order chi connectivity index (χ0) is 27.6. The van der Waals surface area contributed by atoms with Crippen LogP contribution in [0.2, 0.25) is 0 Å². The Morgan fingerprint density at radius 1 is 1.03 bits per heavy atom. The molecule has 0 atom stereocenters. The molecule has 1 aliphatic heterocycles. The molecule has 1 aromatic carbocycles. The van der Waals surface area contributed by atoms with Gasteiger partial charge in [-0.15, -0.1) is 0 Å². The van der Waals surface area contributed by atoms with Crippen molar-refractivity contribution in [2.45, 2.75) is 39.7 Å². The van der Waals surface area contributed by atoms with Crippen LogP contribution in [0.25, 0.3) is 11.3 Å². The Morgan fingerprint density at radius 2 is 1.79 bits per heavy atom. The number of hydrogen-bond donors (Lipinski definition) is 5. The lowest BCUT2D eigenvalue weighted by Crippen LogP contribution is -2.37. The molecular formula is C29H38N8O2. The highest BCUT2D eigenvalue weighted by Crippen LogP contribution is 2.24. The van der Waals surface area contributed by atoms with E-state index in [-0.39, 0.29) is 11.9 Å². The maximum atomic E-state index is 12.9. The lowest BCUT2D eigenvalue weighted by Gasteiger charge is -2.26. The Labute approximate surface area is 229 Å². The standard InChI is InChI=1S/C29H38N8O2/c1-3-31-27-24(28(38)32-13-16-37-14-5-4-6-15-37)11-12-25(36-27)22-7-9-23(10-8-22)35-29(39)34-19-21-17-20(2)26(30)33-18-21/h7-12,17-18H,3-6,13-16,19H2,1-2H3,(H2,30,33)(H,31,36)(H,32,38)(H2,34,35,39). The molecule has 0 saturated carbocycles. The summed E-state index contributed by atoms with van der Waals surface area (Å²) in [5, 5.41) is 11.9. The van der Waals surface area contributed by atoms with Gasteiger partial charge < -0.3 is 31.9 Å². The van der Waals surface area contributed by atoms with Crippen LogP contribution in [0.4, 0.5) is 22.1 Å². The molecule has 0 spiro atoms. The first-order valence-corrected chi connectivity index (χ1v) is 13.5. The third-order valence-electron chi connectivity index (χ3n) is 6.71. The van der Waals surface area contributed by atoms with Gasteiger partial charge in [0.05, 0.1) is 11.3 Å². The Morgan fingerprint density at radius 3 is 2.51 bits per heavy atom. The van der Waals surface area contributed by atoms with E-state index in [0.29, 0.717) is 42.5 Å². The van der Waals surface area contributed by atoms with E-state index in [1.165, 1.54) is 19.3 Å². The summed E-state index contributed by atoms with van der Waals surface area (Å²) in [5.74, 6) is 0.911. The van der Waals surface area contributed by atoms with Crippen molar-refractivity contribution in [1.82, 2.24) is 25.5 Å². The summed E-state index contributed by atoms with van der Waals surface area (Å²) in [4.78, 5) is 36.5. The number of benzene rings is 1. The fraction of sp³-hybridized carbons (Fsp3) is 0.379. The number of anilines is 3. The highest BCUT2D eigenvalue weighted by atomic mass is 16.2. The summed E-state index contributed by atoms with van der Waals surface area (Å²) in [5.41, 5.74) is 10.3. The predicted molar refractivity (Wildman–Crippen MR) is 156 cm³/mol. The number of nitrogen functional groups attached to an aromatic ring is 1. The Hall–Kier alpha value is -4.18. The summed E-state index contributed by atoms with van der Waals surface area (Å²) in [6.07, 6.45) is 5.41. The molecule has 3 amide bonds. The molecule has 39 heavy (non-hydrogen) atoms. The van der Waals surface area contributed by atoms with Crippen molar-refractivity contribution >= 4 is 29.3 Å². The smallest absolute Gasteiger partial charge is 0.319 e. The van der Waals surface area contributed by atoms with Gasteiger partial charge in [0.15, 0.2) is 0 Å². The van der Waals surface area contributed by atoms with Gasteiger partial charge >= 0.3 is 6.03 Å². The zero-order valence-electron chi connectivity index (χ0n) is 22.7. The van der Waals surface area contributed by atoms with Crippen LogP contribution in [0.3, 0.4) is 0 Å². The number of nitrogens with two attached hydrogens (primary N) is 1. The van der Waals surface area contributed by atoms with Crippen LogP contribution >= 0.6 is 0 Å². The monoisotopic (exact) mass is 530 g/mol. The number of pyridine rings is 2. The number of rotatable bonds is 10.